The number of carbonyl (C=O) groups excluding carboxylic acids is 1. The summed E-state index contributed by atoms with van der Waals surface area (Å²) in [6.07, 6.45) is 0.551. The maximum absolute atomic E-state index is 11.5. The third-order valence-electron chi connectivity index (χ3n) is 2.17. The Morgan fingerprint density at radius 2 is 2.05 bits per heavy atom. The molecule has 0 spiro atoms. The molecule has 0 saturated heterocycles. The van der Waals surface area contributed by atoms with Crippen LogP contribution in [0.15, 0.2) is 6.33 Å². The van der Waals surface area contributed by atoms with Gasteiger partial charge in [0.2, 0.25) is 0 Å². The molecule has 1 heterocycles. The van der Waals surface area contributed by atoms with Crippen molar-refractivity contribution in [2.45, 2.75) is 25.4 Å². The third kappa shape index (κ3) is 4.61. The van der Waals surface area contributed by atoms with Crippen LogP contribution >= 0.6 is 0 Å². The van der Waals surface area contributed by atoms with Gasteiger partial charge in [-0.3, -0.25) is 9.89 Å². The minimum absolute atomic E-state index is 0.389. The predicted molar refractivity (Wildman–Crippen MR) is 60.1 cm³/mol. The molecule has 1 unspecified atom stereocenters. The first-order chi connectivity index (χ1) is 8.90. The standard InChI is InChI=1S/C9H13N5O5/c1-4(7-10-3-11-14-7)12-9(19)13-5(8(17)18)2-6(15)16/h3-5H,2H2,1H3,(H,15,16)(H,17,18)(H,10,11,14)(H2,12,13,19)/t4?,5-/m0/s1. The summed E-state index contributed by atoms with van der Waals surface area (Å²) < 4.78 is 0. The van der Waals surface area contributed by atoms with Gasteiger partial charge in [-0.1, -0.05) is 0 Å². The van der Waals surface area contributed by atoms with Crippen LogP contribution in [0.2, 0.25) is 0 Å². The molecule has 0 fully saturated rings. The molecule has 10 heteroatoms. The molecule has 0 aliphatic heterocycles. The lowest BCUT2D eigenvalue weighted by Gasteiger charge is -2.15. The van der Waals surface area contributed by atoms with Crippen molar-refractivity contribution in [3.8, 4) is 0 Å². The lowest BCUT2D eigenvalue weighted by molar-refractivity contribution is -0.145. The summed E-state index contributed by atoms with van der Waals surface area (Å²) in [6.45, 7) is 1.60. The average molecular weight is 271 g/mol. The number of aliphatic carboxylic acids is 2. The Kier molecular flexibility index (Phi) is 4.80. The lowest BCUT2D eigenvalue weighted by atomic mass is 10.2. The fraction of sp³-hybridized carbons (Fsp3) is 0.444. The van der Waals surface area contributed by atoms with Gasteiger partial charge in [0.05, 0.1) is 12.5 Å². The number of aromatic amines is 1. The smallest absolute Gasteiger partial charge is 0.326 e. The van der Waals surface area contributed by atoms with Crippen LogP contribution < -0.4 is 10.6 Å². The van der Waals surface area contributed by atoms with E-state index in [2.05, 4.69) is 20.5 Å². The molecule has 0 saturated carbocycles. The summed E-state index contributed by atoms with van der Waals surface area (Å²) in [6, 6.07) is -2.83. The van der Waals surface area contributed by atoms with E-state index in [0.29, 0.717) is 5.82 Å². The Labute approximate surface area is 107 Å². The van der Waals surface area contributed by atoms with E-state index < -0.39 is 36.5 Å². The molecule has 1 rings (SSSR count). The van der Waals surface area contributed by atoms with E-state index in [4.69, 9.17) is 10.2 Å². The van der Waals surface area contributed by atoms with Gasteiger partial charge in [0.1, 0.15) is 18.2 Å². The van der Waals surface area contributed by atoms with Crippen LogP contribution in [0.25, 0.3) is 0 Å². The highest BCUT2D eigenvalue weighted by Gasteiger charge is 2.23. The number of nitrogens with one attached hydrogen (secondary N) is 3. The molecule has 1 aromatic rings. The average Bonchev–Trinajstić information content (AvgIpc) is 2.80. The quantitative estimate of drug-likeness (QED) is 0.448. The van der Waals surface area contributed by atoms with Crippen molar-refractivity contribution in [3.05, 3.63) is 12.2 Å². The van der Waals surface area contributed by atoms with Gasteiger partial charge < -0.3 is 20.8 Å². The number of nitrogens with zero attached hydrogens (tertiary/aromatic N) is 2. The second-order valence-electron chi connectivity index (χ2n) is 3.70. The highest BCUT2D eigenvalue weighted by molar-refractivity contribution is 5.86. The monoisotopic (exact) mass is 271 g/mol. The number of amides is 2. The van der Waals surface area contributed by atoms with E-state index in [1.165, 1.54) is 6.33 Å². The Bertz CT molecular complexity index is 460. The zero-order valence-corrected chi connectivity index (χ0v) is 9.95. The van der Waals surface area contributed by atoms with Crippen LogP contribution in [0.4, 0.5) is 4.79 Å². The molecule has 19 heavy (non-hydrogen) atoms. The zero-order valence-electron chi connectivity index (χ0n) is 9.95. The van der Waals surface area contributed by atoms with Gasteiger partial charge >= 0.3 is 18.0 Å². The number of H-pyrrole nitrogens is 1. The van der Waals surface area contributed by atoms with Crippen molar-refractivity contribution in [2.75, 3.05) is 0 Å². The van der Waals surface area contributed by atoms with E-state index in [-0.39, 0.29) is 0 Å². The third-order valence-corrected chi connectivity index (χ3v) is 2.17. The van der Waals surface area contributed by atoms with Gasteiger partial charge in [-0.2, -0.15) is 5.10 Å². The van der Waals surface area contributed by atoms with E-state index in [1.54, 1.807) is 6.92 Å². The Hall–Kier alpha value is -2.65. The van der Waals surface area contributed by atoms with Gasteiger partial charge in [-0.05, 0) is 6.92 Å². The SMILES string of the molecule is CC(NC(=O)N[C@@H](CC(=O)O)C(=O)O)c1ncn[nH]1. The predicted octanol–water partition coefficient (Wildman–Crippen LogP) is -0.907. The highest BCUT2D eigenvalue weighted by Crippen LogP contribution is 2.03. The molecule has 1 aromatic heterocycles. The maximum atomic E-state index is 11.5. The van der Waals surface area contributed by atoms with Crippen LogP contribution in [-0.2, 0) is 9.59 Å². The fourth-order valence-corrected chi connectivity index (χ4v) is 1.26. The van der Waals surface area contributed by atoms with Crippen LogP contribution in [0.5, 0.6) is 0 Å². The second kappa shape index (κ2) is 6.33. The van der Waals surface area contributed by atoms with Crippen molar-refractivity contribution in [1.82, 2.24) is 25.8 Å². The number of urea groups is 1. The number of aromatic nitrogens is 3. The summed E-state index contributed by atoms with van der Waals surface area (Å²) >= 11 is 0. The van der Waals surface area contributed by atoms with Gasteiger partial charge in [0.25, 0.3) is 0 Å². The number of carbonyl (C=O) groups is 3. The van der Waals surface area contributed by atoms with Crippen molar-refractivity contribution < 1.29 is 24.6 Å². The van der Waals surface area contributed by atoms with Gasteiger partial charge in [-0.25, -0.2) is 14.6 Å². The largest absolute Gasteiger partial charge is 0.481 e. The molecule has 5 N–H and O–H groups in total. The van der Waals surface area contributed by atoms with Crippen LogP contribution in [0.3, 0.4) is 0 Å². The number of carboxylic acids is 2. The Morgan fingerprint density at radius 1 is 1.37 bits per heavy atom. The topological polar surface area (TPSA) is 157 Å². The molecule has 0 radical (unpaired) electrons. The summed E-state index contributed by atoms with van der Waals surface area (Å²) in [7, 11) is 0. The molecule has 10 nitrogen and oxygen atoms in total. The van der Waals surface area contributed by atoms with E-state index >= 15 is 0 Å². The Morgan fingerprint density at radius 3 is 2.53 bits per heavy atom. The first-order valence-electron chi connectivity index (χ1n) is 5.27. The summed E-state index contributed by atoms with van der Waals surface area (Å²) in [5.74, 6) is -2.36. The van der Waals surface area contributed by atoms with Gasteiger partial charge in [0, 0.05) is 0 Å². The molecular formula is C9H13N5O5. The number of rotatable bonds is 6. The minimum atomic E-state index is -1.50. The summed E-state index contributed by atoms with van der Waals surface area (Å²) in [5.41, 5.74) is 0. The Balaban J connectivity index is 2.53. The van der Waals surface area contributed by atoms with Crippen molar-refractivity contribution in [2.24, 2.45) is 0 Å². The number of carboxylic acid groups (broad SMARTS) is 2. The van der Waals surface area contributed by atoms with Gasteiger partial charge in [0.15, 0.2) is 0 Å². The van der Waals surface area contributed by atoms with Crippen molar-refractivity contribution in [1.29, 1.82) is 0 Å². The van der Waals surface area contributed by atoms with E-state index in [9.17, 15) is 14.4 Å². The molecule has 0 aliphatic rings. The van der Waals surface area contributed by atoms with Crippen molar-refractivity contribution >= 4 is 18.0 Å². The molecule has 2 atom stereocenters. The summed E-state index contributed by atoms with van der Waals surface area (Å²) in [5, 5.41) is 27.9. The normalized spacial score (nSPS) is 13.3. The summed E-state index contributed by atoms with van der Waals surface area (Å²) in [4.78, 5) is 36.5. The maximum Gasteiger partial charge on any atom is 0.326 e. The molecular weight excluding hydrogens is 258 g/mol. The molecule has 104 valence electrons. The van der Waals surface area contributed by atoms with Crippen LogP contribution in [0, 0.1) is 0 Å². The van der Waals surface area contributed by atoms with Gasteiger partial charge in [-0.15, -0.1) is 0 Å². The van der Waals surface area contributed by atoms with Crippen LogP contribution in [-0.4, -0.2) is 49.4 Å². The minimum Gasteiger partial charge on any atom is -0.481 e. The molecule has 0 aliphatic carbocycles. The molecule has 0 bridgehead atoms. The first kappa shape index (κ1) is 14.4. The molecule has 2 amide bonds. The fourth-order valence-electron chi connectivity index (χ4n) is 1.26. The lowest BCUT2D eigenvalue weighted by Crippen LogP contribution is -2.47. The second-order valence-corrected chi connectivity index (χ2v) is 3.70. The number of hydrogen-bond donors (Lipinski definition) is 5. The van der Waals surface area contributed by atoms with E-state index in [0.717, 1.165) is 0 Å². The van der Waals surface area contributed by atoms with E-state index in [1.807, 2.05) is 5.32 Å². The highest BCUT2D eigenvalue weighted by atomic mass is 16.4. The first-order valence-corrected chi connectivity index (χ1v) is 5.27. The van der Waals surface area contributed by atoms with Crippen molar-refractivity contribution in [3.63, 3.8) is 0 Å². The number of hydrogen-bond acceptors (Lipinski definition) is 5. The van der Waals surface area contributed by atoms with Crippen LogP contribution in [0.1, 0.15) is 25.2 Å². The zero-order chi connectivity index (χ0) is 14.4. The molecule has 0 aromatic carbocycles.